The zero-order valence-corrected chi connectivity index (χ0v) is 12.2. The minimum absolute atomic E-state index is 0.157. The summed E-state index contributed by atoms with van der Waals surface area (Å²) >= 11 is 1.44. The third kappa shape index (κ3) is 3.59. The van der Waals surface area contributed by atoms with Gasteiger partial charge in [-0.3, -0.25) is 4.79 Å². The van der Waals surface area contributed by atoms with Crippen LogP contribution in [0.5, 0.6) is 5.75 Å². The van der Waals surface area contributed by atoms with Crippen LogP contribution in [0, 0.1) is 6.92 Å². The first-order valence-electron chi connectivity index (χ1n) is 6.27. The van der Waals surface area contributed by atoms with Gasteiger partial charge in [0.2, 0.25) is 0 Å². The van der Waals surface area contributed by atoms with Gasteiger partial charge in [-0.05, 0) is 36.8 Å². The van der Waals surface area contributed by atoms with E-state index in [1.165, 1.54) is 11.3 Å². The number of methoxy groups -OCH3 is 1. The molecule has 0 aliphatic heterocycles. The monoisotopic (exact) mass is 291 g/mol. The number of aliphatic hydroxyl groups excluding tert-OH is 1. The van der Waals surface area contributed by atoms with E-state index < -0.39 is 6.10 Å². The molecule has 2 rings (SSSR count). The molecule has 0 bridgehead atoms. The molecule has 2 N–H and O–H groups in total. The summed E-state index contributed by atoms with van der Waals surface area (Å²) in [7, 11) is 1.59. The number of carbonyl (C=O) groups excluding carboxylic acids is 1. The maximum atomic E-state index is 11.9. The predicted molar refractivity (Wildman–Crippen MR) is 79.3 cm³/mol. The first kappa shape index (κ1) is 14.6. The Morgan fingerprint density at radius 2 is 2.00 bits per heavy atom. The van der Waals surface area contributed by atoms with Crippen LogP contribution in [0.4, 0.5) is 0 Å². The van der Waals surface area contributed by atoms with Crippen molar-refractivity contribution in [1.29, 1.82) is 0 Å². The SMILES string of the molecule is COc1ccc([C@@H](O)CNC(=O)c2ccc(C)s2)cc1. The van der Waals surface area contributed by atoms with Gasteiger partial charge in [0.25, 0.3) is 5.91 Å². The second kappa shape index (κ2) is 6.54. The minimum Gasteiger partial charge on any atom is -0.497 e. The van der Waals surface area contributed by atoms with E-state index in [2.05, 4.69) is 5.32 Å². The zero-order valence-electron chi connectivity index (χ0n) is 11.4. The van der Waals surface area contributed by atoms with Crippen LogP contribution in [0.25, 0.3) is 0 Å². The van der Waals surface area contributed by atoms with Gasteiger partial charge in [0, 0.05) is 11.4 Å². The number of carbonyl (C=O) groups is 1. The predicted octanol–water partition coefficient (Wildman–Crippen LogP) is 2.53. The molecule has 0 saturated heterocycles. The van der Waals surface area contributed by atoms with Crippen molar-refractivity contribution in [1.82, 2.24) is 5.32 Å². The molecule has 0 saturated carbocycles. The van der Waals surface area contributed by atoms with Gasteiger partial charge < -0.3 is 15.2 Å². The Kier molecular flexibility index (Phi) is 4.76. The Labute approximate surface area is 122 Å². The largest absolute Gasteiger partial charge is 0.497 e. The highest BCUT2D eigenvalue weighted by Gasteiger charge is 2.12. The fourth-order valence-electron chi connectivity index (χ4n) is 1.78. The van der Waals surface area contributed by atoms with E-state index >= 15 is 0 Å². The molecule has 1 atom stereocenters. The van der Waals surface area contributed by atoms with Gasteiger partial charge in [0.15, 0.2) is 0 Å². The normalized spacial score (nSPS) is 11.9. The Balaban J connectivity index is 1.91. The van der Waals surface area contributed by atoms with Gasteiger partial charge in [0.05, 0.1) is 18.1 Å². The van der Waals surface area contributed by atoms with Crippen molar-refractivity contribution in [2.75, 3.05) is 13.7 Å². The fraction of sp³-hybridized carbons (Fsp3) is 0.267. The summed E-state index contributed by atoms with van der Waals surface area (Å²) in [5.74, 6) is 0.578. The summed E-state index contributed by atoms with van der Waals surface area (Å²) < 4.78 is 5.06. The van der Waals surface area contributed by atoms with Crippen LogP contribution in [0.2, 0.25) is 0 Å². The third-order valence-corrected chi connectivity index (χ3v) is 3.92. The number of ether oxygens (including phenoxy) is 1. The van der Waals surface area contributed by atoms with Crippen molar-refractivity contribution in [3.05, 3.63) is 51.7 Å². The van der Waals surface area contributed by atoms with Crippen LogP contribution < -0.4 is 10.1 Å². The van der Waals surface area contributed by atoms with E-state index in [9.17, 15) is 9.90 Å². The van der Waals surface area contributed by atoms with E-state index in [0.29, 0.717) is 4.88 Å². The molecule has 5 heteroatoms. The summed E-state index contributed by atoms with van der Waals surface area (Å²) in [5, 5.41) is 12.8. The van der Waals surface area contributed by atoms with Crippen molar-refractivity contribution in [3.63, 3.8) is 0 Å². The molecule has 4 nitrogen and oxygen atoms in total. The summed E-state index contributed by atoms with van der Waals surface area (Å²) in [6.07, 6.45) is -0.731. The standard InChI is InChI=1S/C15H17NO3S/c1-10-3-8-14(20-10)15(18)16-9-13(17)11-4-6-12(19-2)7-5-11/h3-8,13,17H,9H2,1-2H3,(H,16,18)/t13-/m0/s1. The zero-order chi connectivity index (χ0) is 14.5. The maximum Gasteiger partial charge on any atom is 0.261 e. The van der Waals surface area contributed by atoms with E-state index in [0.717, 1.165) is 16.2 Å². The Morgan fingerprint density at radius 1 is 1.30 bits per heavy atom. The molecule has 0 spiro atoms. The van der Waals surface area contributed by atoms with Crippen LogP contribution in [-0.2, 0) is 0 Å². The highest BCUT2D eigenvalue weighted by molar-refractivity contribution is 7.13. The molecule has 1 heterocycles. The molecule has 20 heavy (non-hydrogen) atoms. The van der Waals surface area contributed by atoms with Crippen LogP contribution >= 0.6 is 11.3 Å². The van der Waals surface area contributed by atoms with Crippen LogP contribution in [0.1, 0.15) is 26.2 Å². The summed E-state index contributed by atoms with van der Waals surface area (Å²) in [6, 6.07) is 10.8. The number of aryl methyl sites for hydroxylation is 1. The van der Waals surface area contributed by atoms with Gasteiger partial charge in [-0.2, -0.15) is 0 Å². The molecule has 0 aliphatic carbocycles. The molecule has 1 amide bonds. The number of benzene rings is 1. The highest BCUT2D eigenvalue weighted by Crippen LogP contribution is 2.18. The molecule has 0 aliphatic rings. The second-order valence-electron chi connectivity index (χ2n) is 4.41. The van der Waals surface area contributed by atoms with Gasteiger partial charge in [-0.15, -0.1) is 11.3 Å². The minimum atomic E-state index is -0.731. The number of hydrogen-bond donors (Lipinski definition) is 2. The lowest BCUT2D eigenvalue weighted by atomic mass is 10.1. The number of nitrogens with one attached hydrogen (secondary N) is 1. The topological polar surface area (TPSA) is 58.6 Å². The van der Waals surface area contributed by atoms with Crippen molar-refractivity contribution in [2.45, 2.75) is 13.0 Å². The first-order valence-corrected chi connectivity index (χ1v) is 7.08. The lowest BCUT2D eigenvalue weighted by Gasteiger charge is -2.12. The maximum absolute atomic E-state index is 11.9. The van der Waals surface area contributed by atoms with E-state index in [1.807, 2.05) is 13.0 Å². The number of hydrogen-bond acceptors (Lipinski definition) is 4. The molecule has 106 valence electrons. The summed E-state index contributed by atoms with van der Waals surface area (Å²) in [6.45, 7) is 2.13. The molecule has 1 aromatic heterocycles. The lowest BCUT2D eigenvalue weighted by molar-refractivity contribution is 0.0920. The smallest absolute Gasteiger partial charge is 0.261 e. The van der Waals surface area contributed by atoms with E-state index in [-0.39, 0.29) is 12.5 Å². The summed E-state index contributed by atoms with van der Waals surface area (Å²) in [4.78, 5) is 13.6. The Bertz CT molecular complexity index is 577. The van der Waals surface area contributed by atoms with Gasteiger partial charge in [-0.25, -0.2) is 0 Å². The third-order valence-electron chi connectivity index (χ3n) is 2.92. The van der Waals surface area contributed by atoms with E-state index in [1.54, 1.807) is 37.4 Å². The fourth-order valence-corrected chi connectivity index (χ4v) is 2.56. The molecular formula is C15H17NO3S. The van der Waals surface area contributed by atoms with Crippen LogP contribution in [0.3, 0.4) is 0 Å². The Hall–Kier alpha value is -1.85. The Morgan fingerprint density at radius 3 is 2.55 bits per heavy atom. The molecular weight excluding hydrogens is 274 g/mol. The number of rotatable bonds is 5. The first-order chi connectivity index (χ1) is 9.60. The average Bonchev–Trinajstić information content (AvgIpc) is 2.91. The van der Waals surface area contributed by atoms with E-state index in [4.69, 9.17) is 4.74 Å². The highest BCUT2D eigenvalue weighted by atomic mass is 32.1. The molecule has 0 unspecified atom stereocenters. The average molecular weight is 291 g/mol. The number of thiophene rings is 1. The van der Waals surface area contributed by atoms with Gasteiger partial charge in [0.1, 0.15) is 5.75 Å². The molecule has 0 radical (unpaired) electrons. The van der Waals surface area contributed by atoms with Gasteiger partial charge in [-0.1, -0.05) is 12.1 Å². The molecule has 0 fully saturated rings. The van der Waals surface area contributed by atoms with Crippen molar-refractivity contribution in [3.8, 4) is 5.75 Å². The lowest BCUT2D eigenvalue weighted by Crippen LogP contribution is -2.27. The van der Waals surface area contributed by atoms with Crippen molar-refractivity contribution >= 4 is 17.2 Å². The molecule has 1 aromatic carbocycles. The summed E-state index contributed by atoms with van der Waals surface area (Å²) in [5.41, 5.74) is 0.744. The van der Waals surface area contributed by atoms with Gasteiger partial charge >= 0.3 is 0 Å². The van der Waals surface area contributed by atoms with Crippen LogP contribution in [-0.4, -0.2) is 24.7 Å². The quantitative estimate of drug-likeness (QED) is 0.890. The van der Waals surface area contributed by atoms with Crippen molar-refractivity contribution in [2.24, 2.45) is 0 Å². The molecule has 2 aromatic rings. The number of aliphatic hydroxyl groups is 1. The van der Waals surface area contributed by atoms with Crippen molar-refractivity contribution < 1.29 is 14.6 Å². The van der Waals surface area contributed by atoms with Crippen LogP contribution in [0.15, 0.2) is 36.4 Å². The second-order valence-corrected chi connectivity index (χ2v) is 5.70. The number of amides is 1.